The van der Waals surface area contributed by atoms with Crippen LogP contribution in [0.15, 0.2) is 42.5 Å². The summed E-state index contributed by atoms with van der Waals surface area (Å²) in [5.41, 5.74) is 5.51. The van der Waals surface area contributed by atoms with Crippen molar-refractivity contribution in [1.82, 2.24) is 23.6 Å². The molecule has 1 aliphatic rings. The van der Waals surface area contributed by atoms with Crippen molar-refractivity contribution in [3.05, 3.63) is 53.9 Å². The van der Waals surface area contributed by atoms with E-state index in [0.717, 1.165) is 47.5 Å². The minimum atomic E-state index is 0.478. The number of nitrogens with one attached hydrogen (secondary N) is 1. The maximum atomic E-state index is 4.81. The van der Waals surface area contributed by atoms with E-state index in [1.165, 1.54) is 30.1 Å². The van der Waals surface area contributed by atoms with Crippen molar-refractivity contribution in [3.63, 3.8) is 0 Å². The Kier molecular flexibility index (Phi) is 3.72. The maximum Gasteiger partial charge on any atom is 0.111 e. The Morgan fingerprint density at radius 2 is 2.00 bits per heavy atom. The smallest absolute Gasteiger partial charge is 0.111 e. The number of aromatic nitrogens is 4. The molecular formula is C19H19N5S. The van der Waals surface area contributed by atoms with Gasteiger partial charge in [-0.15, -0.1) is 0 Å². The molecule has 0 aliphatic carbocycles. The predicted molar refractivity (Wildman–Crippen MR) is 101 cm³/mol. The zero-order valence-electron chi connectivity index (χ0n) is 13.9. The van der Waals surface area contributed by atoms with Gasteiger partial charge in [-0.2, -0.15) is 8.75 Å². The highest BCUT2D eigenvalue weighted by atomic mass is 32.1. The highest BCUT2D eigenvalue weighted by Crippen LogP contribution is 2.28. The molecule has 4 aromatic rings. The maximum absolute atomic E-state index is 4.81. The van der Waals surface area contributed by atoms with Crippen LogP contribution in [-0.4, -0.2) is 36.7 Å². The van der Waals surface area contributed by atoms with Crippen molar-refractivity contribution in [2.75, 3.05) is 13.1 Å². The number of benzene rings is 2. The Hall–Kier alpha value is -2.31. The fraction of sp³-hybridized carbons (Fsp3) is 0.316. The van der Waals surface area contributed by atoms with E-state index in [9.17, 15) is 0 Å². The molecule has 0 saturated carbocycles. The molecule has 1 atom stereocenters. The highest BCUT2D eigenvalue weighted by molar-refractivity contribution is 7.00. The lowest BCUT2D eigenvalue weighted by Crippen LogP contribution is -2.34. The third-order valence-electron chi connectivity index (χ3n) is 5.02. The van der Waals surface area contributed by atoms with Crippen LogP contribution in [-0.2, 0) is 6.54 Å². The van der Waals surface area contributed by atoms with Gasteiger partial charge in [-0.25, -0.2) is 4.98 Å². The first-order chi connectivity index (χ1) is 12.3. The molecule has 1 unspecified atom stereocenters. The lowest BCUT2D eigenvalue weighted by Gasteiger charge is -2.31. The van der Waals surface area contributed by atoms with Gasteiger partial charge in [0.2, 0.25) is 0 Å². The second-order valence-corrected chi connectivity index (χ2v) is 7.33. The summed E-state index contributed by atoms with van der Waals surface area (Å²) in [4.78, 5) is 10.9. The summed E-state index contributed by atoms with van der Waals surface area (Å²) in [6.07, 6.45) is 2.41. The van der Waals surface area contributed by atoms with Gasteiger partial charge in [-0.3, -0.25) is 4.90 Å². The second-order valence-electron chi connectivity index (χ2n) is 6.80. The molecule has 5 nitrogen and oxygen atoms in total. The van der Waals surface area contributed by atoms with Gasteiger partial charge in [0, 0.05) is 19.0 Å². The minimum absolute atomic E-state index is 0.478. The van der Waals surface area contributed by atoms with E-state index in [1.807, 2.05) is 6.07 Å². The Morgan fingerprint density at radius 1 is 1.08 bits per heavy atom. The molecule has 1 aliphatic heterocycles. The van der Waals surface area contributed by atoms with Crippen LogP contribution >= 0.6 is 11.7 Å². The molecule has 0 bridgehead atoms. The van der Waals surface area contributed by atoms with Crippen molar-refractivity contribution in [2.45, 2.75) is 25.3 Å². The molecule has 25 heavy (non-hydrogen) atoms. The average Bonchev–Trinajstić information content (AvgIpc) is 3.28. The van der Waals surface area contributed by atoms with Gasteiger partial charge in [0.1, 0.15) is 16.9 Å². The fourth-order valence-electron chi connectivity index (χ4n) is 3.77. The fourth-order valence-corrected chi connectivity index (χ4v) is 4.29. The number of para-hydroxylation sites is 2. The van der Waals surface area contributed by atoms with Gasteiger partial charge in [0.15, 0.2) is 0 Å². The van der Waals surface area contributed by atoms with E-state index in [4.69, 9.17) is 4.98 Å². The van der Waals surface area contributed by atoms with E-state index >= 15 is 0 Å². The molecule has 0 spiro atoms. The number of H-pyrrole nitrogens is 1. The number of aromatic amines is 1. The van der Waals surface area contributed by atoms with Gasteiger partial charge in [-0.1, -0.05) is 18.2 Å². The number of piperidine rings is 1. The molecule has 1 saturated heterocycles. The number of imidazole rings is 1. The van der Waals surface area contributed by atoms with Crippen LogP contribution in [0.25, 0.3) is 22.1 Å². The minimum Gasteiger partial charge on any atom is -0.342 e. The third-order valence-corrected chi connectivity index (χ3v) is 5.58. The Morgan fingerprint density at radius 3 is 2.96 bits per heavy atom. The van der Waals surface area contributed by atoms with Gasteiger partial charge < -0.3 is 4.98 Å². The lowest BCUT2D eigenvalue weighted by molar-refractivity contribution is 0.197. The van der Waals surface area contributed by atoms with Crippen LogP contribution in [0.1, 0.15) is 30.1 Å². The predicted octanol–water partition coefficient (Wildman–Crippen LogP) is 3.95. The number of fused-ring (bicyclic) bond motifs is 2. The first-order valence-corrected chi connectivity index (χ1v) is 9.46. The summed E-state index contributed by atoms with van der Waals surface area (Å²) in [5.74, 6) is 1.61. The van der Waals surface area contributed by atoms with E-state index in [2.05, 4.69) is 55.0 Å². The number of likely N-dealkylation sites (tertiary alicyclic amines) is 1. The van der Waals surface area contributed by atoms with E-state index in [1.54, 1.807) is 0 Å². The molecule has 126 valence electrons. The molecular weight excluding hydrogens is 330 g/mol. The van der Waals surface area contributed by atoms with Crippen molar-refractivity contribution in [2.24, 2.45) is 0 Å². The lowest BCUT2D eigenvalue weighted by atomic mass is 9.97. The van der Waals surface area contributed by atoms with Crippen LogP contribution in [0.2, 0.25) is 0 Å². The van der Waals surface area contributed by atoms with Gasteiger partial charge in [-0.05, 0) is 49.2 Å². The summed E-state index contributed by atoms with van der Waals surface area (Å²) in [7, 11) is 0. The summed E-state index contributed by atoms with van der Waals surface area (Å²) in [6, 6.07) is 14.7. The number of hydrogen-bond acceptors (Lipinski definition) is 5. The quantitative estimate of drug-likeness (QED) is 0.608. The van der Waals surface area contributed by atoms with Gasteiger partial charge in [0.25, 0.3) is 0 Å². The normalized spacial score (nSPS) is 19.0. The monoisotopic (exact) mass is 349 g/mol. The Labute approximate surface area is 150 Å². The summed E-state index contributed by atoms with van der Waals surface area (Å²) in [6.45, 7) is 3.15. The molecule has 0 radical (unpaired) electrons. The molecule has 0 amide bonds. The highest BCUT2D eigenvalue weighted by Gasteiger charge is 2.24. The summed E-state index contributed by atoms with van der Waals surface area (Å²) in [5, 5.41) is 0. The van der Waals surface area contributed by atoms with Gasteiger partial charge >= 0.3 is 0 Å². The van der Waals surface area contributed by atoms with Crippen LogP contribution in [0, 0.1) is 0 Å². The van der Waals surface area contributed by atoms with Gasteiger partial charge in [0.05, 0.1) is 22.8 Å². The van der Waals surface area contributed by atoms with E-state index in [-0.39, 0.29) is 0 Å². The third kappa shape index (κ3) is 2.92. The first-order valence-electron chi connectivity index (χ1n) is 8.73. The average molecular weight is 349 g/mol. The van der Waals surface area contributed by atoms with E-state index < -0.39 is 0 Å². The summed E-state index contributed by atoms with van der Waals surface area (Å²) < 4.78 is 8.64. The molecule has 2 aromatic heterocycles. The Balaban J connectivity index is 1.34. The topological polar surface area (TPSA) is 57.7 Å². The molecule has 3 heterocycles. The van der Waals surface area contributed by atoms with Crippen LogP contribution in [0.5, 0.6) is 0 Å². The van der Waals surface area contributed by atoms with Crippen molar-refractivity contribution >= 4 is 33.8 Å². The molecule has 5 rings (SSSR count). The zero-order chi connectivity index (χ0) is 16.6. The van der Waals surface area contributed by atoms with Crippen molar-refractivity contribution < 1.29 is 0 Å². The zero-order valence-corrected chi connectivity index (χ0v) is 14.7. The SMILES string of the molecule is c1ccc2[nH]c(C3CCCN(Cc4ccc5nsnc5c4)C3)nc2c1. The first kappa shape index (κ1) is 15.0. The van der Waals surface area contributed by atoms with Crippen molar-refractivity contribution in [1.29, 1.82) is 0 Å². The number of rotatable bonds is 3. The van der Waals surface area contributed by atoms with Crippen LogP contribution in [0.3, 0.4) is 0 Å². The number of hydrogen-bond donors (Lipinski definition) is 1. The largest absolute Gasteiger partial charge is 0.342 e. The molecule has 2 aromatic carbocycles. The molecule has 1 N–H and O–H groups in total. The Bertz CT molecular complexity index is 988. The number of nitrogens with zero attached hydrogens (tertiary/aromatic N) is 4. The van der Waals surface area contributed by atoms with Crippen LogP contribution < -0.4 is 0 Å². The summed E-state index contributed by atoms with van der Waals surface area (Å²) >= 11 is 1.28. The second kappa shape index (κ2) is 6.20. The molecule has 1 fully saturated rings. The van der Waals surface area contributed by atoms with E-state index in [0.29, 0.717) is 5.92 Å². The molecule has 6 heteroatoms. The van der Waals surface area contributed by atoms with Crippen LogP contribution in [0.4, 0.5) is 0 Å². The standard InChI is InChI=1S/C19H19N5S/c1-2-6-16-15(5-1)20-19(21-16)14-4-3-9-24(12-14)11-13-7-8-17-18(10-13)23-25-22-17/h1-2,5-8,10,14H,3-4,9,11-12H2,(H,20,21). The van der Waals surface area contributed by atoms with Crippen molar-refractivity contribution in [3.8, 4) is 0 Å².